The van der Waals surface area contributed by atoms with Crippen molar-refractivity contribution in [2.75, 3.05) is 5.73 Å². The number of hydrogen-bond acceptors (Lipinski definition) is 2. The average molecular weight is 223 g/mol. The number of hydrogen-bond donors (Lipinski definition) is 1. The van der Waals surface area contributed by atoms with Crippen LogP contribution in [-0.4, -0.2) is 9.78 Å². The molecule has 16 heavy (non-hydrogen) atoms. The molecule has 5 heteroatoms. The molecule has 1 heterocycles. The van der Waals surface area contributed by atoms with Gasteiger partial charge in [-0.1, -0.05) is 0 Å². The van der Waals surface area contributed by atoms with Gasteiger partial charge in [-0.2, -0.15) is 5.10 Å². The number of aromatic nitrogens is 2. The van der Waals surface area contributed by atoms with E-state index in [-0.39, 0.29) is 0 Å². The largest absolute Gasteiger partial charge is 0.382 e. The van der Waals surface area contributed by atoms with Crippen molar-refractivity contribution >= 4 is 5.82 Å². The summed E-state index contributed by atoms with van der Waals surface area (Å²) >= 11 is 0. The van der Waals surface area contributed by atoms with Crippen molar-refractivity contribution < 1.29 is 8.78 Å². The quantitative estimate of drug-likeness (QED) is 0.805. The standard InChI is InChI=1S/C11H11F2N3/c1-6-10(16(2)15-11(6)14)8-4-3-7(12)5-9(8)13/h3-5H,1-2H3,(H2,14,15). The Balaban J connectivity index is 2.67. The maximum Gasteiger partial charge on any atom is 0.149 e. The molecule has 0 radical (unpaired) electrons. The molecule has 2 rings (SSSR count). The predicted molar refractivity (Wildman–Crippen MR) is 57.7 cm³/mol. The van der Waals surface area contributed by atoms with E-state index in [9.17, 15) is 8.78 Å². The van der Waals surface area contributed by atoms with Gasteiger partial charge in [0.05, 0.1) is 5.69 Å². The van der Waals surface area contributed by atoms with E-state index in [0.29, 0.717) is 22.6 Å². The van der Waals surface area contributed by atoms with Crippen LogP contribution in [0.5, 0.6) is 0 Å². The van der Waals surface area contributed by atoms with E-state index >= 15 is 0 Å². The highest BCUT2D eigenvalue weighted by Crippen LogP contribution is 2.28. The van der Waals surface area contributed by atoms with Crippen molar-refractivity contribution in [3.8, 4) is 11.3 Å². The van der Waals surface area contributed by atoms with Crippen molar-refractivity contribution in [1.29, 1.82) is 0 Å². The van der Waals surface area contributed by atoms with Gasteiger partial charge < -0.3 is 5.73 Å². The Bertz CT molecular complexity index is 546. The number of benzene rings is 1. The van der Waals surface area contributed by atoms with E-state index in [1.54, 1.807) is 14.0 Å². The summed E-state index contributed by atoms with van der Waals surface area (Å²) in [5.74, 6) is -0.874. The van der Waals surface area contributed by atoms with Crippen LogP contribution in [0.4, 0.5) is 14.6 Å². The van der Waals surface area contributed by atoms with E-state index in [1.807, 2.05) is 0 Å². The normalized spacial score (nSPS) is 10.8. The van der Waals surface area contributed by atoms with Gasteiger partial charge in [0.1, 0.15) is 17.5 Å². The fourth-order valence-electron chi connectivity index (χ4n) is 1.71. The molecule has 0 bridgehead atoms. The zero-order chi connectivity index (χ0) is 11.9. The molecule has 0 unspecified atom stereocenters. The van der Waals surface area contributed by atoms with Crippen LogP contribution in [0.25, 0.3) is 11.3 Å². The molecule has 3 nitrogen and oxygen atoms in total. The minimum Gasteiger partial charge on any atom is -0.382 e. The third-order valence-corrected chi connectivity index (χ3v) is 2.51. The molecule has 0 aliphatic carbocycles. The van der Waals surface area contributed by atoms with Gasteiger partial charge in [-0.3, -0.25) is 4.68 Å². The zero-order valence-corrected chi connectivity index (χ0v) is 8.96. The lowest BCUT2D eigenvalue weighted by Gasteiger charge is -2.05. The van der Waals surface area contributed by atoms with Crippen LogP contribution in [0, 0.1) is 18.6 Å². The van der Waals surface area contributed by atoms with Crippen LogP contribution in [0.1, 0.15) is 5.56 Å². The third-order valence-electron chi connectivity index (χ3n) is 2.51. The van der Waals surface area contributed by atoms with Gasteiger partial charge in [0, 0.05) is 24.2 Å². The summed E-state index contributed by atoms with van der Waals surface area (Å²) in [4.78, 5) is 0. The SMILES string of the molecule is Cc1c(N)nn(C)c1-c1ccc(F)cc1F. The van der Waals surface area contributed by atoms with E-state index < -0.39 is 11.6 Å². The fourth-order valence-corrected chi connectivity index (χ4v) is 1.71. The van der Waals surface area contributed by atoms with Crippen LogP contribution in [0.3, 0.4) is 0 Å². The Morgan fingerprint density at radius 3 is 2.50 bits per heavy atom. The van der Waals surface area contributed by atoms with Gasteiger partial charge in [0.15, 0.2) is 0 Å². The fraction of sp³-hybridized carbons (Fsp3) is 0.182. The maximum atomic E-state index is 13.6. The minimum absolute atomic E-state index is 0.297. The number of aryl methyl sites for hydroxylation is 1. The molecule has 1 aromatic carbocycles. The van der Waals surface area contributed by atoms with Crippen LogP contribution in [0.15, 0.2) is 18.2 Å². The van der Waals surface area contributed by atoms with Crippen LogP contribution in [0.2, 0.25) is 0 Å². The van der Waals surface area contributed by atoms with Crippen LogP contribution in [-0.2, 0) is 7.05 Å². The van der Waals surface area contributed by atoms with Gasteiger partial charge in [0.2, 0.25) is 0 Å². The summed E-state index contributed by atoms with van der Waals surface area (Å²) in [5.41, 5.74) is 7.18. The van der Waals surface area contributed by atoms with Gasteiger partial charge in [-0.25, -0.2) is 8.78 Å². The lowest BCUT2D eigenvalue weighted by Crippen LogP contribution is -1.97. The summed E-state index contributed by atoms with van der Waals surface area (Å²) in [6.07, 6.45) is 0. The smallest absolute Gasteiger partial charge is 0.149 e. The lowest BCUT2D eigenvalue weighted by molar-refractivity contribution is 0.584. The maximum absolute atomic E-state index is 13.6. The average Bonchev–Trinajstić information content (AvgIpc) is 2.43. The highest BCUT2D eigenvalue weighted by atomic mass is 19.1. The van der Waals surface area contributed by atoms with Gasteiger partial charge in [-0.05, 0) is 19.1 Å². The first-order valence-corrected chi connectivity index (χ1v) is 4.75. The molecule has 0 saturated carbocycles. The van der Waals surface area contributed by atoms with Crippen LogP contribution >= 0.6 is 0 Å². The van der Waals surface area contributed by atoms with Gasteiger partial charge >= 0.3 is 0 Å². The summed E-state index contributed by atoms with van der Waals surface area (Å²) in [7, 11) is 1.67. The molecule has 0 saturated heterocycles. The van der Waals surface area contributed by atoms with Gasteiger partial charge in [-0.15, -0.1) is 0 Å². The molecule has 0 aliphatic heterocycles. The molecule has 2 N–H and O–H groups in total. The number of nitrogen functional groups attached to an aromatic ring is 1. The molecule has 0 amide bonds. The van der Waals surface area contributed by atoms with Gasteiger partial charge in [0.25, 0.3) is 0 Å². The topological polar surface area (TPSA) is 43.8 Å². The Labute approximate surface area is 91.5 Å². The molecule has 0 spiro atoms. The monoisotopic (exact) mass is 223 g/mol. The Kier molecular flexibility index (Phi) is 2.38. The van der Waals surface area contributed by atoms with Crippen molar-refractivity contribution in [2.45, 2.75) is 6.92 Å². The van der Waals surface area contributed by atoms with E-state index in [1.165, 1.54) is 16.8 Å². The van der Waals surface area contributed by atoms with Crippen molar-refractivity contribution in [3.05, 3.63) is 35.4 Å². The Morgan fingerprint density at radius 1 is 1.31 bits per heavy atom. The first kappa shape index (κ1) is 10.6. The van der Waals surface area contributed by atoms with E-state index in [2.05, 4.69) is 5.10 Å². The minimum atomic E-state index is -0.619. The first-order chi connectivity index (χ1) is 7.50. The second-order valence-electron chi connectivity index (χ2n) is 3.61. The number of halogens is 2. The highest BCUT2D eigenvalue weighted by molar-refractivity contribution is 5.68. The number of nitrogens with zero attached hydrogens (tertiary/aromatic N) is 2. The Morgan fingerprint density at radius 2 is 2.00 bits per heavy atom. The summed E-state index contributed by atoms with van der Waals surface area (Å²) in [6, 6.07) is 3.44. The molecule has 1 aromatic heterocycles. The molecule has 0 atom stereocenters. The first-order valence-electron chi connectivity index (χ1n) is 4.75. The van der Waals surface area contributed by atoms with Crippen molar-refractivity contribution in [3.63, 3.8) is 0 Å². The molecular weight excluding hydrogens is 212 g/mol. The van der Waals surface area contributed by atoms with E-state index in [4.69, 9.17) is 5.73 Å². The zero-order valence-electron chi connectivity index (χ0n) is 8.96. The predicted octanol–water partition coefficient (Wildman–Crippen LogP) is 2.26. The van der Waals surface area contributed by atoms with Crippen LogP contribution < -0.4 is 5.73 Å². The molecule has 84 valence electrons. The number of rotatable bonds is 1. The third kappa shape index (κ3) is 1.54. The molecule has 0 aliphatic rings. The van der Waals surface area contributed by atoms with Crippen molar-refractivity contribution in [2.24, 2.45) is 7.05 Å². The molecule has 0 fully saturated rings. The number of nitrogens with two attached hydrogens (primary N) is 1. The molecule has 2 aromatic rings. The Hall–Kier alpha value is -1.91. The summed E-state index contributed by atoms with van der Waals surface area (Å²) in [5, 5.41) is 3.98. The lowest BCUT2D eigenvalue weighted by atomic mass is 10.1. The summed E-state index contributed by atoms with van der Waals surface area (Å²) in [6.45, 7) is 1.75. The second kappa shape index (κ2) is 3.59. The molecular formula is C11H11F2N3. The summed E-state index contributed by atoms with van der Waals surface area (Å²) < 4.78 is 27.9. The number of anilines is 1. The highest BCUT2D eigenvalue weighted by Gasteiger charge is 2.15. The second-order valence-corrected chi connectivity index (χ2v) is 3.61. The van der Waals surface area contributed by atoms with Crippen molar-refractivity contribution in [1.82, 2.24) is 9.78 Å². The van der Waals surface area contributed by atoms with E-state index in [0.717, 1.165) is 6.07 Å².